The van der Waals surface area contributed by atoms with E-state index in [0.29, 0.717) is 31.1 Å². The van der Waals surface area contributed by atoms with Gasteiger partial charge < -0.3 is 9.32 Å². The summed E-state index contributed by atoms with van der Waals surface area (Å²) >= 11 is 0. The highest BCUT2D eigenvalue weighted by Crippen LogP contribution is 2.28. The molecule has 1 atom stereocenters. The Labute approximate surface area is 163 Å². The highest BCUT2D eigenvalue weighted by Gasteiger charge is 2.29. The number of carbonyl (C=O) groups is 1. The molecule has 3 heterocycles. The number of aromatic nitrogens is 2. The van der Waals surface area contributed by atoms with Gasteiger partial charge in [-0.25, -0.2) is 9.37 Å². The van der Waals surface area contributed by atoms with Crippen molar-refractivity contribution in [3.63, 3.8) is 0 Å². The Kier molecular flexibility index (Phi) is 5.19. The molecule has 0 saturated carbocycles. The van der Waals surface area contributed by atoms with Gasteiger partial charge in [-0.2, -0.15) is 0 Å². The molecule has 4 rings (SSSR count). The number of piperidine rings is 1. The number of hydrogen-bond donors (Lipinski definition) is 0. The van der Waals surface area contributed by atoms with Gasteiger partial charge >= 0.3 is 0 Å². The van der Waals surface area contributed by atoms with Gasteiger partial charge in [0.2, 0.25) is 0 Å². The van der Waals surface area contributed by atoms with Crippen LogP contribution in [0.3, 0.4) is 0 Å². The third-order valence-electron chi connectivity index (χ3n) is 5.13. The van der Waals surface area contributed by atoms with Crippen LogP contribution in [-0.2, 0) is 6.42 Å². The Bertz CT molecular complexity index is 968. The fourth-order valence-corrected chi connectivity index (χ4v) is 3.62. The molecule has 1 aliphatic rings. The van der Waals surface area contributed by atoms with Crippen molar-refractivity contribution in [2.75, 3.05) is 13.1 Å². The summed E-state index contributed by atoms with van der Waals surface area (Å²) in [6.45, 7) is 3.19. The van der Waals surface area contributed by atoms with E-state index >= 15 is 0 Å². The number of aryl methyl sites for hydroxylation is 1. The summed E-state index contributed by atoms with van der Waals surface area (Å²) < 4.78 is 19.0. The first-order valence-corrected chi connectivity index (χ1v) is 9.50. The molecule has 1 aliphatic heterocycles. The molecular weight excluding hydrogens is 357 g/mol. The SMILES string of the molecule is Cc1cccnc1C(=O)N1CCC[C@H](c2ncc(Cc3ccc(F)cc3)o2)C1. The highest BCUT2D eigenvalue weighted by molar-refractivity contribution is 5.93. The van der Waals surface area contributed by atoms with Crippen LogP contribution in [0.5, 0.6) is 0 Å². The summed E-state index contributed by atoms with van der Waals surface area (Å²) in [5.41, 5.74) is 2.36. The molecule has 5 nitrogen and oxygen atoms in total. The number of halogens is 1. The Morgan fingerprint density at radius 2 is 2.07 bits per heavy atom. The van der Waals surface area contributed by atoms with Crippen molar-refractivity contribution in [1.82, 2.24) is 14.9 Å². The average Bonchev–Trinajstić information content (AvgIpc) is 3.18. The van der Waals surface area contributed by atoms with Crippen LogP contribution < -0.4 is 0 Å². The summed E-state index contributed by atoms with van der Waals surface area (Å²) in [6, 6.07) is 10.1. The van der Waals surface area contributed by atoms with Crippen LogP contribution in [0.4, 0.5) is 4.39 Å². The number of carbonyl (C=O) groups excluding carboxylic acids is 1. The lowest BCUT2D eigenvalue weighted by molar-refractivity contribution is 0.0691. The highest BCUT2D eigenvalue weighted by atomic mass is 19.1. The van der Waals surface area contributed by atoms with Crippen LogP contribution in [0.2, 0.25) is 0 Å². The van der Waals surface area contributed by atoms with E-state index in [-0.39, 0.29) is 17.6 Å². The summed E-state index contributed by atoms with van der Waals surface area (Å²) in [6.07, 6.45) is 5.77. The van der Waals surface area contributed by atoms with Crippen LogP contribution in [0.1, 0.15) is 52.0 Å². The van der Waals surface area contributed by atoms with E-state index in [9.17, 15) is 9.18 Å². The standard InChI is InChI=1S/C22H22FN3O2/c1-15-4-2-10-24-20(15)22(27)26-11-3-5-17(14-26)21-25-13-19(28-21)12-16-6-8-18(23)9-7-16/h2,4,6-10,13,17H,3,5,11-12,14H2,1H3/t17-/m0/s1. The maximum atomic E-state index is 13.0. The van der Waals surface area contributed by atoms with Crippen LogP contribution in [0.15, 0.2) is 53.2 Å². The zero-order chi connectivity index (χ0) is 19.5. The molecule has 0 bridgehead atoms. The quantitative estimate of drug-likeness (QED) is 0.684. The maximum absolute atomic E-state index is 13.0. The lowest BCUT2D eigenvalue weighted by atomic mass is 9.97. The fourth-order valence-electron chi connectivity index (χ4n) is 3.62. The Balaban J connectivity index is 1.45. The second-order valence-electron chi connectivity index (χ2n) is 7.23. The predicted octanol–water partition coefficient (Wildman–Crippen LogP) is 4.13. The topological polar surface area (TPSA) is 59.2 Å². The third kappa shape index (κ3) is 3.96. The minimum Gasteiger partial charge on any atom is -0.445 e. The maximum Gasteiger partial charge on any atom is 0.272 e. The number of hydrogen-bond acceptors (Lipinski definition) is 4. The minimum absolute atomic E-state index is 0.0408. The van der Waals surface area contributed by atoms with E-state index in [2.05, 4.69) is 9.97 Å². The summed E-state index contributed by atoms with van der Waals surface area (Å²) in [5, 5.41) is 0. The summed E-state index contributed by atoms with van der Waals surface area (Å²) in [4.78, 5) is 23.4. The first kappa shape index (κ1) is 18.3. The number of nitrogens with zero attached hydrogens (tertiary/aromatic N) is 3. The number of amides is 1. The molecule has 0 N–H and O–H groups in total. The number of rotatable bonds is 4. The molecule has 1 fully saturated rings. The van der Waals surface area contributed by atoms with Gasteiger partial charge in [0.1, 0.15) is 17.3 Å². The molecule has 1 amide bonds. The second-order valence-corrected chi connectivity index (χ2v) is 7.23. The molecule has 0 radical (unpaired) electrons. The average molecular weight is 379 g/mol. The van der Waals surface area contributed by atoms with Gasteiger partial charge in [-0.15, -0.1) is 0 Å². The molecule has 3 aromatic rings. The van der Waals surface area contributed by atoms with Crippen LogP contribution >= 0.6 is 0 Å². The van der Waals surface area contributed by atoms with Gasteiger partial charge in [0, 0.05) is 25.7 Å². The first-order valence-electron chi connectivity index (χ1n) is 9.50. The van der Waals surface area contributed by atoms with Crippen molar-refractivity contribution in [3.05, 3.63) is 83.1 Å². The van der Waals surface area contributed by atoms with E-state index < -0.39 is 0 Å². The van der Waals surface area contributed by atoms with E-state index in [1.165, 1.54) is 12.1 Å². The smallest absolute Gasteiger partial charge is 0.272 e. The normalized spacial score (nSPS) is 16.9. The number of benzene rings is 1. The number of pyridine rings is 1. The Hall–Kier alpha value is -3.02. The molecule has 2 aromatic heterocycles. The van der Waals surface area contributed by atoms with Crippen molar-refractivity contribution < 1.29 is 13.6 Å². The van der Waals surface area contributed by atoms with Crippen molar-refractivity contribution in [3.8, 4) is 0 Å². The van der Waals surface area contributed by atoms with Gasteiger partial charge in [-0.3, -0.25) is 9.78 Å². The van der Waals surface area contributed by atoms with E-state index in [0.717, 1.165) is 29.7 Å². The van der Waals surface area contributed by atoms with E-state index in [4.69, 9.17) is 4.42 Å². The van der Waals surface area contributed by atoms with Crippen LogP contribution in [-0.4, -0.2) is 33.9 Å². The lowest BCUT2D eigenvalue weighted by Crippen LogP contribution is -2.39. The Morgan fingerprint density at radius 3 is 2.86 bits per heavy atom. The molecule has 0 spiro atoms. The molecular formula is C22H22FN3O2. The molecule has 0 aliphatic carbocycles. The third-order valence-corrected chi connectivity index (χ3v) is 5.13. The summed E-state index contributed by atoms with van der Waals surface area (Å²) in [5.74, 6) is 1.18. The van der Waals surface area contributed by atoms with Crippen molar-refractivity contribution >= 4 is 5.91 Å². The molecule has 1 aromatic carbocycles. The number of oxazole rings is 1. The van der Waals surface area contributed by atoms with E-state index in [1.807, 2.05) is 24.0 Å². The van der Waals surface area contributed by atoms with Crippen LogP contribution in [0.25, 0.3) is 0 Å². The van der Waals surface area contributed by atoms with Gasteiger partial charge in [-0.05, 0) is 49.1 Å². The molecule has 6 heteroatoms. The van der Waals surface area contributed by atoms with E-state index in [1.54, 1.807) is 24.5 Å². The van der Waals surface area contributed by atoms with Gasteiger partial charge in [0.25, 0.3) is 5.91 Å². The zero-order valence-corrected chi connectivity index (χ0v) is 15.8. The number of likely N-dealkylation sites (tertiary alicyclic amines) is 1. The van der Waals surface area contributed by atoms with Crippen molar-refractivity contribution in [2.24, 2.45) is 0 Å². The van der Waals surface area contributed by atoms with Crippen LogP contribution in [0, 0.1) is 12.7 Å². The minimum atomic E-state index is -0.253. The van der Waals surface area contributed by atoms with Crippen molar-refractivity contribution in [1.29, 1.82) is 0 Å². The zero-order valence-electron chi connectivity index (χ0n) is 15.8. The second kappa shape index (κ2) is 7.92. The Morgan fingerprint density at radius 1 is 1.25 bits per heavy atom. The largest absolute Gasteiger partial charge is 0.445 e. The van der Waals surface area contributed by atoms with Gasteiger partial charge in [0.15, 0.2) is 5.89 Å². The first-order chi connectivity index (χ1) is 13.6. The van der Waals surface area contributed by atoms with Crippen molar-refractivity contribution in [2.45, 2.75) is 32.1 Å². The molecule has 1 saturated heterocycles. The molecule has 28 heavy (non-hydrogen) atoms. The fraction of sp³-hybridized carbons (Fsp3) is 0.318. The lowest BCUT2D eigenvalue weighted by Gasteiger charge is -2.31. The van der Waals surface area contributed by atoms with Gasteiger partial charge in [-0.1, -0.05) is 18.2 Å². The predicted molar refractivity (Wildman–Crippen MR) is 103 cm³/mol. The molecule has 0 unspecified atom stereocenters. The van der Waals surface area contributed by atoms with Gasteiger partial charge in [0.05, 0.1) is 12.1 Å². The molecule has 144 valence electrons. The summed E-state index contributed by atoms with van der Waals surface area (Å²) in [7, 11) is 0. The monoisotopic (exact) mass is 379 g/mol.